The molecule has 0 fully saturated rings. The zero-order chi connectivity index (χ0) is 24.2. The van der Waals surface area contributed by atoms with Crippen molar-refractivity contribution in [1.29, 1.82) is 0 Å². The zero-order valence-corrected chi connectivity index (χ0v) is 18.0. The summed E-state index contributed by atoms with van der Waals surface area (Å²) in [6.45, 7) is 1.58. The molecule has 0 atom stereocenters. The number of halogens is 2. The van der Waals surface area contributed by atoms with Gasteiger partial charge in [-0.1, -0.05) is 30.3 Å². The number of carboxylic acids is 1. The Morgan fingerprint density at radius 2 is 1.65 bits per heavy atom. The molecule has 0 unspecified atom stereocenters. The number of aromatic nitrogens is 2. The van der Waals surface area contributed by atoms with Crippen molar-refractivity contribution in [2.24, 2.45) is 5.73 Å². The number of pyridine rings is 2. The van der Waals surface area contributed by atoms with Gasteiger partial charge in [0.2, 0.25) is 0 Å². The van der Waals surface area contributed by atoms with E-state index in [1.165, 1.54) is 25.3 Å². The van der Waals surface area contributed by atoms with E-state index in [1.807, 2.05) is 30.3 Å². The van der Waals surface area contributed by atoms with Crippen molar-refractivity contribution in [3.63, 3.8) is 0 Å². The summed E-state index contributed by atoms with van der Waals surface area (Å²) < 4.78 is 40.5. The average Bonchev–Trinajstić information content (AvgIpc) is 2.86. The van der Waals surface area contributed by atoms with Crippen LogP contribution in [0.25, 0.3) is 11.1 Å². The molecule has 9 heteroatoms. The molecule has 7 nitrogen and oxygen atoms in total. The minimum atomic E-state index is -1.37. The number of rotatable bonds is 7. The lowest BCUT2D eigenvalue weighted by molar-refractivity contribution is 0.0687. The van der Waals surface area contributed by atoms with E-state index < -0.39 is 40.6 Å². The maximum Gasteiger partial charge on any atom is 0.358 e. The Hall–Kier alpha value is -4.37. The highest BCUT2D eigenvalue weighted by molar-refractivity contribution is 5.88. The number of hydrogen-bond acceptors (Lipinski definition) is 6. The van der Waals surface area contributed by atoms with Crippen LogP contribution >= 0.6 is 0 Å². The molecule has 0 aliphatic carbocycles. The monoisotopic (exact) mass is 463 g/mol. The fourth-order valence-corrected chi connectivity index (χ4v) is 3.21. The fraction of sp³-hybridized carbons (Fsp3) is 0.0800. The van der Waals surface area contributed by atoms with Crippen molar-refractivity contribution in [3.05, 3.63) is 95.3 Å². The molecule has 0 bridgehead atoms. The molecule has 2 aromatic carbocycles. The van der Waals surface area contributed by atoms with Gasteiger partial charge in [-0.3, -0.25) is 0 Å². The second kappa shape index (κ2) is 9.63. The Morgan fingerprint density at radius 1 is 0.971 bits per heavy atom. The Bertz CT molecular complexity index is 1380. The number of hydrogen-bond donors (Lipinski definition) is 2. The second-order valence-electron chi connectivity index (χ2n) is 7.27. The molecule has 4 rings (SSSR count). The van der Waals surface area contributed by atoms with Crippen LogP contribution in [-0.2, 0) is 6.54 Å². The van der Waals surface area contributed by atoms with E-state index in [1.54, 1.807) is 18.2 Å². The first-order valence-corrected chi connectivity index (χ1v) is 10.2. The van der Waals surface area contributed by atoms with Crippen molar-refractivity contribution in [1.82, 2.24) is 9.97 Å². The minimum absolute atomic E-state index is 0.250. The summed E-state index contributed by atoms with van der Waals surface area (Å²) in [6, 6.07) is 17.2. The summed E-state index contributed by atoms with van der Waals surface area (Å²) in [4.78, 5) is 18.9. The quantitative estimate of drug-likeness (QED) is 0.374. The van der Waals surface area contributed by atoms with E-state index in [-0.39, 0.29) is 11.5 Å². The largest absolute Gasteiger partial charge is 0.476 e. The Balaban J connectivity index is 1.68. The van der Waals surface area contributed by atoms with Crippen molar-refractivity contribution >= 4 is 5.97 Å². The lowest BCUT2D eigenvalue weighted by Gasteiger charge is -2.13. The molecule has 3 N–H and O–H groups in total. The van der Waals surface area contributed by atoms with Gasteiger partial charge < -0.3 is 20.3 Å². The Morgan fingerprint density at radius 3 is 2.35 bits per heavy atom. The molecule has 0 amide bonds. The predicted molar refractivity (Wildman–Crippen MR) is 120 cm³/mol. The molecule has 4 aromatic rings. The number of benzene rings is 2. The number of carbonyl (C=O) groups is 1. The van der Waals surface area contributed by atoms with E-state index in [4.69, 9.17) is 15.2 Å². The van der Waals surface area contributed by atoms with E-state index in [0.29, 0.717) is 6.54 Å². The molecule has 0 spiro atoms. The third-order valence-electron chi connectivity index (χ3n) is 4.96. The van der Waals surface area contributed by atoms with E-state index in [9.17, 15) is 18.7 Å². The normalized spacial score (nSPS) is 10.7. The van der Waals surface area contributed by atoms with Gasteiger partial charge in [-0.2, -0.15) is 4.98 Å². The summed E-state index contributed by atoms with van der Waals surface area (Å²) in [5, 5.41) is 9.27. The lowest BCUT2D eigenvalue weighted by Crippen LogP contribution is -2.06. The number of ether oxygens (including phenoxy) is 2. The summed E-state index contributed by atoms with van der Waals surface area (Å²) in [5.74, 6) is -4.63. The number of carboxylic acid groups (broad SMARTS) is 1. The molecule has 172 valence electrons. The minimum Gasteiger partial charge on any atom is -0.476 e. The van der Waals surface area contributed by atoms with Crippen molar-refractivity contribution in [3.8, 4) is 34.4 Å². The van der Waals surface area contributed by atoms with Gasteiger partial charge >= 0.3 is 5.97 Å². The van der Waals surface area contributed by atoms with E-state index >= 15 is 0 Å². The molecule has 0 saturated heterocycles. The first-order chi connectivity index (χ1) is 16.4. The number of nitrogens with two attached hydrogens (primary N) is 1. The van der Waals surface area contributed by atoms with Gasteiger partial charge in [-0.25, -0.2) is 18.6 Å². The van der Waals surface area contributed by atoms with Crippen LogP contribution in [0.2, 0.25) is 0 Å². The summed E-state index contributed by atoms with van der Waals surface area (Å²) in [7, 11) is 0. The van der Waals surface area contributed by atoms with Gasteiger partial charge in [0.15, 0.2) is 23.1 Å². The van der Waals surface area contributed by atoms with E-state index in [2.05, 4.69) is 9.97 Å². The third-order valence-corrected chi connectivity index (χ3v) is 4.96. The van der Waals surface area contributed by atoms with Crippen LogP contribution in [0.15, 0.2) is 66.9 Å². The average molecular weight is 463 g/mol. The molecule has 2 aromatic heterocycles. The molecule has 0 saturated carbocycles. The molecule has 0 aliphatic heterocycles. The molecule has 34 heavy (non-hydrogen) atoms. The highest BCUT2D eigenvalue weighted by Crippen LogP contribution is 2.34. The molecular weight excluding hydrogens is 444 g/mol. The zero-order valence-electron chi connectivity index (χ0n) is 18.0. The molecule has 0 radical (unpaired) electrons. The smallest absolute Gasteiger partial charge is 0.358 e. The maximum absolute atomic E-state index is 14.8. The Kier molecular flexibility index (Phi) is 6.46. The van der Waals surface area contributed by atoms with Crippen molar-refractivity contribution < 1.29 is 28.2 Å². The first kappa shape index (κ1) is 22.8. The van der Waals surface area contributed by atoms with Crippen LogP contribution in [0.5, 0.6) is 23.3 Å². The van der Waals surface area contributed by atoms with Crippen LogP contribution in [-0.4, -0.2) is 21.0 Å². The first-order valence-electron chi connectivity index (χ1n) is 10.2. The predicted octanol–water partition coefficient (Wildman–Crippen LogP) is 5.47. The van der Waals surface area contributed by atoms with Gasteiger partial charge in [0, 0.05) is 18.3 Å². The second-order valence-corrected chi connectivity index (χ2v) is 7.27. The van der Waals surface area contributed by atoms with Gasteiger partial charge in [0.05, 0.1) is 0 Å². The van der Waals surface area contributed by atoms with Crippen LogP contribution in [0.3, 0.4) is 0 Å². The van der Waals surface area contributed by atoms with Crippen molar-refractivity contribution in [2.75, 3.05) is 0 Å². The summed E-state index contributed by atoms with van der Waals surface area (Å²) in [6.07, 6.45) is 1.25. The van der Waals surface area contributed by atoms with Crippen LogP contribution < -0.4 is 15.2 Å². The van der Waals surface area contributed by atoms with Gasteiger partial charge in [0.1, 0.15) is 5.75 Å². The topological polar surface area (TPSA) is 108 Å². The van der Waals surface area contributed by atoms with Crippen LogP contribution in [0.4, 0.5) is 8.78 Å². The highest BCUT2D eigenvalue weighted by atomic mass is 19.1. The van der Waals surface area contributed by atoms with Crippen LogP contribution in [0, 0.1) is 18.6 Å². The third kappa shape index (κ3) is 4.69. The Labute approximate surface area is 193 Å². The standard InChI is InChI=1S/C25H19F2N3O4/c1-14-20(26)23(30-24(21(14)27)34-19-9-4-10-29-22(19)25(31)32)33-18-8-3-7-17(12-18)16-6-2-5-15(11-16)13-28/h2-12H,13,28H2,1H3,(H,31,32). The summed E-state index contributed by atoms with van der Waals surface area (Å²) >= 11 is 0. The molecule has 0 aliphatic rings. The SMILES string of the molecule is Cc1c(F)c(Oc2cccc(-c3cccc(CN)c3)c2)nc(Oc2cccnc2C(=O)O)c1F. The molecular formula is C25H19F2N3O4. The van der Waals surface area contributed by atoms with Crippen LogP contribution in [0.1, 0.15) is 21.6 Å². The highest BCUT2D eigenvalue weighted by Gasteiger charge is 2.23. The van der Waals surface area contributed by atoms with Gasteiger partial charge in [0.25, 0.3) is 11.8 Å². The summed E-state index contributed by atoms with van der Waals surface area (Å²) in [5.41, 5.74) is 7.51. The molecule has 2 heterocycles. The maximum atomic E-state index is 14.8. The number of nitrogens with zero attached hydrogens (tertiary/aromatic N) is 2. The van der Waals surface area contributed by atoms with E-state index in [0.717, 1.165) is 16.7 Å². The van der Waals surface area contributed by atoms with Gasteiger partial charge in [-0.15, -0.1) is 0 Å². The van der Waals surface area contributed by atoms with Gasteiger partial charge in [-0.05, 0) is 53.9 Å². The van der Waals surface area contributed by atoms with Crippen molar-refractivity contribution in [2.45, 2.75) is 13.5 Å². The fourth-order valence-electron chi connectivity index (χ4n) is 3.21. The lowest BCUT2D eigenvalue weighted by atomic mass is 10.0. The number of aromatic carboxylic acids is 1.